The molecular weight excluding hydrogens is 274 g/mol. The van der Waals surface area contributed by atoms with Gasteiger partial charge in [0.2, 0.25) is 5.91 Å². The standard InChI is InChI=1S/C18H27N3O/c19-12-15-8-4-9-16(15)20-18(22)17-10-5-11-21(17)13-14-6-2-1-3-7-14/h1-3,6-7,15-17H,4-5,8-13,19H2,(H,20,22). The summed E-state index contributed by atoms with van der Waals surface area (Å²) < 4.78 is 0. The van der Waals surface area contributed by atoms with Crippen LogP contribution in [0.25, 0.3) is 0 Å². The summed E-state index contributed by atoms with van der Waals surface area (Å²) in [6.07, 6.45) is 5.50. The van der Waals surface area contributed by atoms with Crippen molar-refractivity contribution in [3.8, 4) is 0 Å². The lowest BCUT2D eigenvalue weighted by Crippen LogP contribution is -2.48. The topological polar surface area (TPSA) is 58.4 Å². The van der Waals surface area contributed by atoms with Gasteiger partial charge in [-0.1, -0.05) is 36.8 Å². The number of likely N-dealkylation sites (tertiary alicyclic amines) is 1. The predicted octanol–water partition coefficient (Wildman–Crippen LogP) is 1.89. The molecule has 1 heterocycles. The molecular formula is C18H27N3O. The third-order valence-electron chi connectivity index (χ3n) is 5.18. The Bertz CT molecular complexity index is 490. The molecule has 1 aliphatic carbocycles. The molecule has 1 amide bonds. The van der Waals surface area contributed by atoms with Crippen LogP contribution >= 0.6 is 0 Å². The van der Waals surface area contributed by atoms with E-state index in [1.54, 1.807) is 0 Å². The number of rotatable bonds is 5. The van der Waals surface area contributed by atoms with Gasteiger partial charge in [0.1, 0.15) is 0 Å². The lowest BCUT2D eigenvalue weighted by molar-refractivity contribution is -0.126. The van der Waals surface area contributed by atoms with Crippen molar-refractivity contribution in [3.05, 3.63) is 35.9 Å². The van der Waals surface area contributed by atoms with Crippen LogP contribution in [0.1, 0.15) is 37.7 Å². The molecule has 120 valence electrons. The Labute approximate surface area is 133 Å². The fourth-order valence-corrected chi connectivity index (χ4v) is 3.92. The first-order chi connectivity index (χ1) is 10.8. The summed E-state index contributed by atoms with van der Waals surface area (Å²) in [7, 11) is 0. The maximum Gasteiger partial charge on any atom is 0.237 e. The summed E-state index contributed by atoms with van der Waals surface area (Å²) in [6, 6.07) is 10.7. The molecule has 0 radical (unpaired) electrons. The zero-order valence-corrected chi connectivity index (χ0v) is 13.2. The maximum atomic E-state index is 12.7. The lowest BCUT2D eigenvalue weighted by atomic mass is 10.0. The third-order valence-corrected chi connectivity index (χ3v) is 5.18. The molecule has 1 aromatic rings. The van der Waals surface area contributed by atoms with E-state index in [0.29, 0.717) is 12.5 Å². The zero-order chi connectivity index (χ0) is 15.4. The SMILES string of the molecule is NCC1CCCC1NC(=O)C1CCCN1Cc1ccccc1. The molecule has 0 aromatic heterocycles. The van der Waals surface area contributed by atoms with Crippen LogP contribution in [-0.4, -0.2) is 36.0 Å². The Hall–Kier alpha value is -1.39. The van der Waals surface area contributed by atoms with Gasteiger partial charge in [-0.2, -0.15) is 0 Å². The number of nitrogens with zero attached hydrogens (tertiary/aromatic N) is 1. The molecule has 3 atom stereocenters. The fraction of sp³-hybridized carbons (Fsp3) is 0.611. The van der Waals surface area contributed by atoms with Crippen molar-refractivity contribution in [1.82, 2.24) is 10.2 Å². The highest BCUT2D eigenvalue weighted by Crippen LogP contribution is 2.26. The minimum absolute atomic E-state index is 0.0271. The van der Waals surface area contributed by atoms with Gasteiger partial charge in [-0.15, -0.1) is 0 Å². The van der Waals surface area contributed by atoms with Gasteiger partial charge in [0.25, 0.3) is 0 Å². The Morgan fingerprint density at radius 3 is 2.77 bits per heavy atom. The first-order valence-corrected chi connectivity index (χ1v) is 8.56. The summed E-state index contributed by atoms with van der Waals surface area (Å²) in [5.41, 5.74) is 7.10. The second kappa shape index (κ2) is 7.25. The summed E-state index contributed by atoms with van der Waals surface area (Å²) in [6.45, 7) is 2.56. The Kier molecular flexibility index (Phi) is 5.11. The van der Waals surface area contributed by atoms with E-state index in [9.17, 15) is 4.79 Å². The van der Waals surface area contributed by atoms with Crippen LogP contribution in [0.5, 0.6) is 0 Å². The fourth-order valence-electron chi connectivity index (χ4n) is 3.92. The number of nitrogens with one attached hydrogen (secondary N) is 1. The lowest BCUT2D eigenvalue weighted by Gasteiger charge is -2.27. The van der Waals surface area contributed by atoms with E-state index >= 15 is 0 Å². The van der Waals surface area contributed by atoms with Crippen LogP contribution in [-0.2, 0) is 11.3 Å². The quantitative estimate of drug-likeness (QED) is 0.873. The van der Waals surface area contributed by atoms with Crippen LogP contribution < -0.4 is 11.1 Å². The van der Waals surface area contributed by atoms with Crippen LogP contribution in [0.2, 0.25) is 0 Å². The van der Waals surface area contributed by atoms with Gasteiger partial charge in [0.15, 0.2) is 0 Å². The Morgan fingerprint density at radius 2 is 2.00 bits per heavy atom. The van der Waals surface area contributed by atoms with E-state index in [1.807, 2.05) is 6.07 Å². The van der Waals surface area contributed by atoms with Crippen LogP contribution in [0, 0.1) is 5.92 Å². The molecule has 2 fully saturated rings. The average molecular weight is 301 g/mol. The molecule has 1 aliphatic heterocycles. The van der Waals surface area contributed by atoms with Gasteiger partial charge in [-0.25, -0.2) is 0 Å². The second-order valence-electron chi connectivity index (χ2n) is 6.66. The maximum absolute atomic E-state index is 12.7. The van der Waals surface area contributed by atoms with Gasteiger partial charge in [0.05, 0.1) is 6.04 Å². The largest absolute Gasteiger partial charge is 0.352 e. The summed E-state index contributed by atoms with van der Waals surface area (Å²) >= 11 is 0. The first kappa shape index (κ1) is 15.5. The highest BCUT2D eigenvalue weighted by molar-refractivity contribution is 5.82. The number of amides is 1. The predicted molar refractivity (Wildman–Crippen MR) is 88.2 cm³/mol. The van der Waals surface area contributed by atoms with Crippen molar-refractivity contribution in [2.45, 2.75) is 50.7 Å². The van der Waals surface area contributed by atoms with E-state index in [2.05, 4.69) is 34.5 Å². The van der Waals surface area contributed by atoms with E-state index in [1.165, 1.54) is 12.0 Å². The Balaban J connectivity index is 1.59. The van der Waals surface area contributed by atoms with Crippen molar-refractivity contribution >= 4 is 5.91 Å². The summed E-state index contributed by atoms with van der Waals surface area (Å²) in [5.74, 6) is 0.673. The van der Waals surface area contributed by atoms with E-state index in [0.717, 1.165) is 38.8 Å². The summed E-state index contributed by atoms with van der Waals surface area (Å²) in [4.78, 5) is 15.0. The monoisotopic (exact) mass is 301 g/mol. The molecule has 4 heteroatoms. The number of hydrogen-bond acceptors (Lipinski definition) is 3. The second-order valence-corrected chi connectivity index (χ2v) is 6.66. The molecule has 1 aromatic carbocycles. The molecule has 4 nitrogen and oxygen atoms in total. The van der Waals surface area contributed by atoms with Gasteiger partial charge in [0, 0.05) is 12.6 Å². The van der Waals surface area contributed by atoms with E-state index in [-0.39, 0.29) is 18.0 Å². The molecule has 3 rings (SSSR count). The van der Waals surface area contributed by atoms with E-state index < -0.39 is 0 Å². The molecule has 1 saturated heterocycles. The zero-order valence-electron chi connectivity index (χ0n) is 13.2. The third kappa shape index (κ3) is 3.50. The van der Waals surface area contributed by atoms with Crippen LogP contribution in [0.15, 0.2) is 30.3 Å². The number of carbonyl (C=O) groups excluding carboxylic acids is 1. The molecule has 2 aliphatic rings. The molecule has 3 unspecified atom stereocenters. The number of carbonyl (C=O) groups is 1. The van der Waals surface area contributed by atoms with Crippen LogP contribution in [0.4, 0.5) is 0 Å². The number of benzene rings is 1. The van der Waals surface area contributed by atoms with Crippen molar-refractivity contribution < 1.29 is 4.79 Å². The molecule has 3 N–H and O–H groups in total. The molecule has 22 heavy (non-hydrogen) atoms. The minimum atomic E-state index is 0.0271. The number of hydrogen-bond donors (Lipinski definition) is 2. The van der Waals surface area contributed by atoms with Crippen LogP contribution in [0.3, 0.4) is 0 Å². The highest BCUT2D eigenvalue weighted by Gasteiger charge is 2.34. The first-order valence-electron chi connectivity index (χ1n) is 8.56. The number of nitrogens with two attached hydrogens (primary N) is 1. The van der Waals surface area contributed by atoms with E-state index in [4.69, 9.17) is 5.73 Å². The smallest absolute Gasteiger partial charge is 0.237 e. The summed E-state index contributed by atoms with van der Waals surface area (Å²) in [5, 5.41) is 3.28. The normalized spacial score (nSPS) is 28.9. The van der Waals surface area contributed by atoms with Gasteiger partial charge < -0.3 is 11.1 Å². The molecule has 1 saturated carbocycles. The molecule has 0 spiro atoms. The van der Waals surface area contributed by atoms with Gasteiger partial charge >= 0.3 is 0 Å². The Morgan fingerprint density at radius 1 is 1.18 bits per heavy atom. The van der Waals surface area contributed by atoms with Gasteiger partial charge in [-0.3, -0.25) is 9.69 Å². The van der Waals surface area contributed by atoms with Gasteiger partial charge in [-0.05, 0) is 50.3 Å². The van der Waals surface area contributed by atoms with Crippen molar-refractivity contribution in [2.75, 3.05) is 13.1 Å². The van der Waals surface area contributed by atoms with Crippen molar-refractivity contribution in [3.63, 3.8) is 0 Å². The average Bonchev–Trinajstić information content (AvgIpc) is 3.17. The highest BCUT2D eigenvalue weighted by atomic mass is 16.2. The molecule has 0 bridgehead atoms. The minimum Gasteiger partial charge on any atom is -0.352 e. The van der Waals surface area contributed by atoms with Crippen molar-refractivity contribution in [1.29, 1.82) is 0 Å². The van der Waals surface area contributed by atoms with Crippen molar-refractivity contribution in [2.24, 2.45) is 11.7 Å².